The highest BCUT2D eigenvalue weighted by molar-refractivity contribution is 14.0. The lowest BCUT2D eigenvalue weighted by Crippen LogP contribution is -1.91. The first kappa shape index (κ1) is 9.33. The molecule has 0 saturated carbocycles. The standard InChI is InChI=1S/CH3NO3.HI/c1-5-2(3)4;/h1H3;1H. The van der Waals surface area contributed by atoms with Crippen molar-refractivity contribution in [2.75, 3.05) is 7.11 Å². The highest BCUT2D eigenvalue weighted by Crippen LogP contribution is 1.57. The molecule has 0 aliphatic carbocycles. The summed E-state index contributed by atoms with van der Waals surface area (Å²) in [5.41, 5.74) is 0. The van der Waals surface area contributed by atoms with Crippen molar-refractivity contribution in [3.05, 3.63) is 10.1 Å². The Morgan fingerprint density at radius 3 is 2.00 bits per heavy atom. The second-order valence-corrected chi connectivity index (χ2v) is 0.406. The Hall–Kier alpha value is -0.0700. The molecule has 5 heteroatoms. The lowest BCUT2D eigenvalue weighted by molar-refractivity contribution is -0.749. The Morgan fingerprint density at radius 2 is 2.00 bits per heavy atom. The predicted molar refractivity (Wildman–Crippen MR) is 29.4 cm³/mol. The molecule has 0 heterocycles. The number of hydrogen-bond acceptors (Lipinski definition) is 3. The van der Waals surface area contributed by atoms with Crippen molar-refractivity contribution in [3.63, 3.8) is 0 Å². The molecule has 4 nitrogen and oxygen atoms in total. The van der Waals surface area contributed by atoms with Crippen LogP contribution in [0.1, 0.15) is 0 Å². The molecule has 0 aromatic heterocycles. The molecule has 6 heavy (non-hydrogen) atoms. The van der Waals surface area contributed by atoms with Gasteiger partial charge in [0, 0.05) is 0 Å². The van der Waals surface area contributed by atoms with Gasteiger partial charge in [-0.25, -0.2) is 0 Å². The molecule has 0 radical (unpaired) electrons. The maximum Gasteiger partial charge on any atom is 0.294 e. The molecule has 0 saturated heterocycles. The molecule has 0 atom stereocenters. The second-order valence-electron chi connectivity index (χ2n) is 0.406. The van der Waals surface area contributed by atoms with Crippen LogP contribution in [0, 0.1) is 10.1 Å². The van der Waals surface area contributed by atoms with Crippen molar-refractivity contribution < 1.29 is 9.92 Å². The monoisotopic (exact) mass is 205 g/mol. The summed E-state index contributed by atoms with van der Waals surface area (Å²) < 4.78 is 0. The van der Waals surface area contributed by atoms with E-state index in [0.717, 1.165) is 7.11 Å². The van der Waals surface area contributed by atoms with Crippen molar-refractivity contribution in [2.24, 2.45) is 0 Å². The molecular weight excluding hydrogens is 201 g/mol. The summed E-state index contributed by atoms with van der Waals surface area (Å²) in [7, 11) is 1.00. The zero-order chi connectivity index (χ0) is 4.28. The molecule has 0 amide bonds. The molecule has 0 bridgehead atoms. The van der Waals surface area contributed by atoms with E-state index in [1.165, 1.54) is 0 Å². The summed E-state index contributed by atoms with van der Waals surface area (Å²) >= 11 is 0. The van der Waals surface area contributed by atoms with E-state index in [1.54, 1.807) is 0 Å². The molecule has 0 aliphatic rings. The fraction of sp³-hybridized carbons (Fsp3) is 1.00. The zero-order valence-electron chi connectivity index (χ0n) is 3.08. The molecule has 0 fully saturated rings. The SMILES string of the molecule is CO[N+](=O)[O-].I. The average Bonchev–Trinajstić information content (AvgIpc) is 1.38. The number of nitrogens with zero attached hydrogens (tertiary/aromatic N) is 1. The van der Waals surface area contributed by atoms with E-state index in [9.17, 15) is 0 Å². The Bertz CT molecular complexity index is 46.1. The second kappa shape index (κ2) is 4.93. The molecule has 38 valence electrons. The molecule has 0 rings (SSSR count). The first-order valence-corrected chi connectivity index (χ1v) is 0.956. The Balaban J connectivity index is 0. The third-order valence-corrected chi connectivity index (χ3v) is 0.149. The van der Waals surface area contributed by atoms with Crippen molar-refractivity contribution in [2.45, 2.75) is 0 Å². The fourth-order valence-corrected chi connectivity index (χ4v) is 0. The quantitative estimate of drug-likeness (QED) is 0.354. The van der Waals surface area contributed by atoms with Gasteiger partial charge < -0.3 is 4.84 Å². The van der Waals surface area contributed by atoms with Gasteiger partial charge in [-0.2, -0.15) is 0 Å². The van der Waals surface area contributed by atoms with Gasteiger partial charge in [-0.1, -0.05) is 0 Å². The minimum atomic E-state index is -0.875. The van der Waals surface area contributed by atoms with Gasteiger partial charge in [0.25, 0.3) is 5.09 Å². The zero-order valence-corrected chi connectivity index (χ0v) is 5.41. The normalized spacial score (nSPS) is 5.50. The van der Waals surface area contributed by atoms with Crippen LogP contribution in [-0.4, -0.2) is 12.2 Å². The first-order chi connectivity index (χ1) is 2.27. The van der Waals surface area contributed by atoms with Gasteiger partial charge >= 0.3 is 0 Å². The summed E-state index contributed by atoms with van der Waals surface area (Å²) in [4.78, 5) is 12.4. The maximum atomic E-state index is 8.95. The van der Waals surface area contributed by atoms with E-state index in [-0.39, 0.29) is 24.0 Å². The summed E-state index contributed by atoms with van der Waals surface area (Å²) in [5.74, 6) is 0. The number of rotatable bonds is 1. The van der Waals surface area contributed by atoms with E-state index >= 15 is 0 Å². The van der Waals surface area contributed by atoms with Crippen LogP contribution in [0.4, 0.5) is 0 Å². The summed E-state index contributed by atoms with van der Waals surface area (Å²) in [6, 6.07) is 0. The smallest absolute Gasteiger partial charge is 0.294 e. The number of hydrogen-bond donors (Lipinski definition) is 0. The highest BCUT2D eigenvalue weighted by Gasteiger charge is 1.77. The lowest BCUT2D eigenvalue weighted by atomic mass is 11.7. The van der Waals surface area contributed by atoms with Crippen LogP contribution in [0.25, 0.3) is 0 Å². The van der Waals surface area contributed by atoms with E-state index in [1.807, 2.05) is 0 Å². The minimum absolute atomic E-state index is 0. The van der Waals surface area contributed by atoms with Crippen molar-refractivity contribution in [3.8, 4) is 0 Å². The first-order valence-electron chi connectivity index (χ1n) is 0.956. The number of halogens is 1. The Morgan fingerprint density at radius 1 is 1.83 bits per heavy atom. The topological polar surface area (TPSA) is 52.4 Å². The van der Waals surface area contributed by atoms with E-state index in [0.29, 0.717) is 0 Å². The van der Waals surface area contributed by atoms with Crippen LogP contribution < -0.4 is 0 Å². The molecule has 0 N–H and O–H groups in total. The van der Waals surface area contributed by atoms with Gasteiger partial charge in [-0.05, 0) is 0 Å². The van der Waals surface area contributed by atoms with Gasteiger partial charge in [0.15, 0.2) is 0 Å². The van der Waals surface area contributed by atoms with Crippen molar-refractivity contribution in [1.82, 2.24) is 0 Å². The summed E-state index contributed by atoms with van der Waals surface area (Å²) in [6.07, 6.45) is 0. The summed E-state index contributed by atoms with van der Waals surface area (Å²) in [6.45, 7) is 0. The van der Waals surface area contributed by atoms with Crippen LogP contribution in [0.5, 0.6) is 0 Å². The minimum Gasteiger partial charge on any atom is -0.317 e. The molecule has 0 spiro atoms. The van der Waals surface area contributed by atoms with E-state index in [2.05, 4.69) is 4.84 Å². The van der Waals surface area contributed by atoms with Gasteiger partial charge in [0.1, 0.15) is 0 Å². The molecule has 0 unspecified atom stereocenters. The van der Waals surface area contributed by atoms with Gasteiger partial charge in [0.05, 0.1) is 7.11 Å². The Labute approximate surface area is 51.6 Å². The van der Waals surface area contributed by atoms with Gasteiger partial charge in [-0.15, -0.1) is 34.1 Å². The van der Waals surface area contributed by atoms with E-state index in [4.69, 9.17) is 10.1 Å². The fourth-order valence-electron chi connectivity index (χ4n) is 0. The van der Waals surface area contributed by atoms with E-state index < -0.39 is 5.09 Å². The molecule has 0 aromatic rings. The maximum absolute atomic E-state index is 8.95. The van der Waals surface area contributed by atoms with Gasteiger partial charge in [-0.3, -0.25) is 0 Å². The van der Waals surface area contributed by atoms with Crippen LogP contribution in [0.3, 0.4) is 0 Å². The van der Waals surface area contributed by atoms with Crippen LogP contribution in [0.2, 0.25) is 0 Å². The Kier molecular flexibility index (Phi) is 7.67. The molecule has 0 aromatic carbocycles. The van der Waals surface area contributed by atoms with Gasteiger partial charge in [0.2, 0.25) is 0 Å². The summed E-state index contributed by atoms with van der Waals surface area (Å²) in [5, 5.41) is 8.08. The average molecular weight is 205 g/mol. The molecule has 0 aliphatic heterocycles. The van der Waals surface area contributed by atoms with Crippen LogP contribution in [0.15, 0.2) is 0 Å². The molecular formula is CH4INO3. The largest absolute Gasteiger partial charge is 0.317 e. The van der Waals surface area contributed by atoms with Crippen molar-refractivity contribution >= 4 is 24.0 Å². The highest BCUT2D eigenvalue weighted by atomic mass is 127. The van der Waals surface area contributed by atoms with Crippen LogP contribution >= 0.6 is 24.0 Å². The van der Waals surface area contributed by atoms with Crippen LogP contribution in [-0.2, 0) is 4.84 Å². The lowest BCUT2D eigenvalue weighted by Gasteiger charge is -1.75. The third-order valence-electron chi connectivity index (χ3n) is 0.149. The predicted octanol–water partition coefficient (Wildman–Crippen LogP) is 0.443. The van der Waals surface area contributed by atoms with Crippen molar-refractivity contribution in [1.29, 1.82) is 0 Å². The third kappa shape index (κ3) is 9.06.